The summed E-state index contributed by atoms with van der Waals surface area (Å²) < 4.78 is 10.0. The van der Waals surface area contributed by atoms with Gasteiger partial charge < -0.3 is 14.4 Å². The number of alkyl halides is 3. The summed E-state index contributed by atoms with van der Waals surface area (Å²) in [4.78, 5) is 27.6. The Kier molecular flexibility index (Phi) is 7.70. The van der Waals surface area contributed by atoms with E-state index < -0.39 is 12.4 Å². The summed E-state index contributed by atoms with van der Waals surface area (Å²) in [5.74, 6) is 0. The van der Waals surface area contributed by atoms with Crippen LogP contribution >= 0.6 is 65.8 Å². The molecule has 1 aliphatic heterocycles. The molecule has 0 bridgehead atoms. The first-order valence-electron chi connectivity index (χ1n) is 7.43. The summed E-state index contributed by atoms with van der Waals surface area (Å²) in [7, 11) is 0. The Morgan fingerprint density at radius 1 is 1.36 bits per heavy atom. The smallest absolute Gasteiger partial charge is 0.421 e. The zero-order valence-electron chi connectivity index (χ0n) is 13.7. The summed E-state index contributed by atoms with van der Waals surface area (Å²) in [5, 5.41) is 9.28. The predicted octanol–water partition coefficient (Wildman–Crippen LogP) is 4.63. The average molecular weight is 612 g/mol. The molecule has 1 aromatic heterocycles. The third kappa shape index (κ3) is 5.39. The Morgan fingerprint density at radius 3 is 2.56 bits per heavy atom. The second kappa shape index (κ2) is 9.13. The van der Waals surface area contributed by atoms with Crippen molar-refractivity contribution in [1.82, 2.24) is 15.1 Å². The van der Waals surface area contributed by atoms with E-state index in [-0.39, 0.29) is 19.9 Å². The number of hydrogen-bond acceptors (Lipinski definition) is 7. The molecule has 1 aromatic rings. The molecule has 1 aliphatic rings. The van der Waals surface area contributed by atoms with Crippen LogP contribution in [0.25, 0.3) is 0 Å². The maximum atomic E-state index is 12.9. The van der Waals surface area contributed by atoms with E-state index in [2.05, 4.69) is 42.1 Å². The number of anilines is 1. The molecule has 4 atom stereocenters. The normalized spacial score (nSPS) is 21.7. The zero-order valence-corrected chi connectivity index (χ0v) is 19.8. The first-order valence-corrected chi connectivity index (χ1v) is 11.3. The largest absolute Gasteiger partial charge is 0.511 e. The highest BCUT2D eigenvalue weighted by Crippen LogP contribution is 2.33. The Labute approximate surface area is 180 Å². The summed E-state index contributed by atoms with van der Waals surface area (Å²) >= 11 is 10.1. The fraction of sp³-hybridized carbons (Fsp3) is 0.692. The van der Waals surface area contributed by atoms with Crippen LogP contribution < -0.4 is 4.90 Å². The van der Waals surface area contributed by atoms with Gasteiger partial charge in [-0.3, -0.25) is 0 Å². The zero-order chi connectivity index (χ0) is 18.7. The van der Waals surface area contributed by atoms with Crippen molar-refractivity contribution in [3.05, 3.63) is 5.01 Å². The second-order valence-electron chi connectivity index (χ2n) is 5.23. The highest BCUT2D eigenvalue weighted by atomic mass is 127. The minimum atomic E-state index is -0.816. The van der Waals surface area contributed by atoms with E-state index >= 15 is 0 Å². The van der Waals surface area contributed by atoms with E-state index in [1.165, 1.54) is 16.2 Å². The van der Waals surface area contributed by atoms with E-state index in [1.807, 2.05) is 36.4 Å². The van der Waals surface area contributed by atoms with Gasteiger partial charge >= 0.3 is 12.2 Å². The van der Waals surface area contributed by atoms with Crippen LogP contribution in [0, 0.1) is 0 Å². The molecule has 12 heteroatoms. The van der Waals surface area contributed by atoms with Crippen LogP contribution in [0.4, 0.5) is 14.7 Å². The molecule has 0 aromatic carbocycles. The molecule has 25 heavy (non-hydrogen) atoms. The Bertz CT molecular complexity index is 631. The van der Waals surface area contributed by atoms with Crippen LogP contribution in [0.1, 0.15) is 37.0 Å². The molecule has 1 saturated heterocycles. The molecule has 0 aliphatic carbocycles. The van der Waals surface area contributed by atoms with Gasteiger partial charge in [-0.15, -0.1) is 10.2 Å². The second-order valence-corrected chi connectivity index (χ2v) is 10.7. The molecule has 2 heterocycles. The lowest BCUT2D eigenvalue weighted by Gasteiger charge is -2.40. The lowest BCUT2D eigenvalue weighted by Crippen LogP contribution is -2.57. The standard InChI is InChI=1S/C13H17Br2IN4O4S/c1-6(14)10-17-18-11(25-10)20-9(24-13(22)23-8(3)16)4-5-19(7(2)15)12(20)21/h6-9H,4-5H2,1-3H3/t6?,7?,8?,9-/m1/s1. The molecule has 0 radical (unpaired) electrons. The van der Waals surface area contributed by atoms with Crippen LogP contribution in [0.3, 0.4) is 0 Å². The molecular formula is C13H17Br2IN4O4S. The van der Waals surface area contributed by atoms with Gasteiger partial charge in [-0.25, -0.2) is 14.5 Å². The number of hydrogen-bond donors (Lipinski definition) is 0. The predicted molar refractivity (Wildman–Crippen MR) is 110 cm³/mol. The van der Waals surface area contributed by atoms with Crippen molar-refractivity contribution < 1.29 is 19.1 Å². The van der Waals surface area contributed by atoms with E-state index in [9.17, 15) is 9.59 Å². The number of carbonyl (C=O) groups excluding carboxylic acids is 2. The number of ether oxygens (including phenoxy) is 2. The molecule has 0 N–H and O–H groups in total. The topological polar surface area (TPSA) is 84.9 Å². The first-order chi connectivity index (χ1) is 11.7. The molecule has 1 fully saturated rings. The number of rotatable bonds is 5. The van der Waals surface area contributed by atoms with E-state index in [1.54, 1.807) is 11.8 Å². The maximum Gasteiger partial charge on any atom is 0.511 e. The molecule has 140 valence electrons. The monoisotopic (exact) mass is 610 g/mol. The maximum absolute atomic E-state index is 12.9. The van der Waals surface area contributed by atoms with Gasteiger partial charge in [0.1, 0.15) is 5.01 Å². The third-order valence-electron chi connectivity index (χ3n) is 3.25. The molecule has 2 rings (SSSR count). The van der Waals surface area contributed by atoms with Gasteiger partial charge in [0, 0.05) is 13.0 Å². The molecule has 3 unspecified atom stereocenters. The van der Waals surface area contributed by atoms with Gasteiger partial charge in [-0.2, -0.15) is 0 Å². The quantitative estimate of drug-likeness (QED) is 0.209. The highest BCUT2D eigenvalue weighted by molar-refractivity contribution is 14.1. The van der Waals surface area contributed by atoms with Gasteiger partial charge in [0.2, 0.25) is 5.13 Å². The van der Waals surface area contributed by atoms with Gasteiger partial charge in [0.05, 0.1) is 9.78 Å². The Hall–Kier alpha value is -0.210. The van der Waals surface area contributed by atoms with Crippen molar-refractivity contribution in [3.8, 4) is 0 Å². The first kappa shape index (κ1) is 21.1. The van der Waals surface area contributed by atoms with Gasteiger partial charge in [-0.05, 0) is 43.4 Å². The Morgan fingerprint density at radius 2 is 2.04 bits per heavy atom. The van der Waals surface area contributed by atoms with Crippen molar-refractivity contribution in [2.24, 2.45) is 0 Å². The number of nitrogens with zero attached hydrogens (tertiary/aromatic N) is 4. The van der Waals surface area contributed by atoms with Gasteiger partial charge in [0.15, 0.2) is 10.3 Å². The third-order valence-corrected chi connectivity index (χ3v) is 5.84. The summed E-state index contributed by atoms with van der Waals surface area (Å²) in [6.07, 6.45) is -1.17. The lowest BCUT2D eigenvalue weighted by atomic mass is 10.2. The number of aromatic nitrogens is 2. The van der Waals surface area contributed by atoms with Gasteiger partial charge in [-0.1, -0.05) is 43.2 Å². The fourth-order valence-electron chi connectivity index (χ4n) is 2.14. The summed E-state index contributed by atoms with van der Waals surface area (Å²) in [6, 6.07) is -0.305. The summed E-state index contributed by atoms with van der Waals surface area (Å²) in [5.41, 5.74) is 0. The summed E-state index contributed by atoms with van der Waals surface area (Å²) in [6.45, 7) is 5.94. The Balaban J connectivity index is 2.26. The molecular weight excluding hydrogens is 595 g/mol. The minimum absolute atomic E-state index is 0.00838. The fourth-order valence-corrected chi connectivity index (χ4v) is 3.90. The van der Waals surface area contributed by atoms with Crippen molar-refractivity contribution >= 4 is 83.1 Å². The lowest BCUT2D eigenvalue weighted by molar-refractivity contribution is 0.0120. The van der Waals surface area contributed by atoms with Crippen molar-refractivity contribution in [1.29, 1.82) is 0 Å². The number of halogens is 3. The van der Waals surface area contributed by atoms with E-state index in [0.717, 1.165) is 5.01 Å². The molecule has 2 amide bonds. The van der Waals surface area contributed by atoms with Crippen LogP contribution in [0.15, 0.2) is 0 Å². The van der Waals surface area contributed by atoms with E-state index in [0.29, 0.717) is 18.1 Å². The number of amides is 2. The van der Waals surface area contributed by atoms with Gasteiger partial charge in [0.25, 0.3) is 0 Å². The minimum Gasteiger partial charge on any atom is -0.421 e. The molecule has 0 saturated carbocycles. The van der Waals surface area contributed by atoms with Crippen LogP contribution in [0.5, 0.6) is 0 Å². The van der Waals surface area contributed by atoms with Crippen molar-refractivity contribution in [3.63, 3.8) is 0 Å². The number of urea groups is 1. The average Bonchev–Trinajstić information content (AvgIpc) is 2.95. The van der Waals surface area contributed by atoms with Crippen LogP contribution in [0.2, 0.25) is 0 Å². The highest BCUT2D eigenvalue weighted by Gasteiger charge is 2.40. The number of carbonyl (C=O) groups is 2. The van der Waals surface area contributed by atoms with E-state index in [4.69, 9.17) is 9.47 Å². The van der Waals surface area contributed by atoms with Crippen molar-refractivity contribution in [2.45, 2.75) is 47.3 Å². The van der Waals surface area contributed by atoms with Crippen LogP contribution in [-0.4, -0.2) is 49.1 Å². The van der Waals surface area contributed by atoms with Crippen LogP contribution in [-0.2, 0) is 9.47 Å². The SMILES string of the molecule is CC(I)OC(=O)O[C@@H]1CCN(C(C)Br)C(=O)N1c1nnc(C(C)Br)s1. The van der Waals surface area contributed by atoms with Crippen molar-refractivity contribution in [2.75, 3.05) is 11.4 Å². The molecule has 8 nitrogen and oxygen atoms in total. The molecule has 0 spiro atoms.